The molecule has 0 radical (unpaired) electrons. The highest BCUT2D eigenvalue weighted by Gasteiger charge is 2.44. The number of nitrogen functional groups attached to an aromatic ring is 1. The fourth-order valence-electron chi connectivity index (χ4n) is 2.49. The van der Waals surface area contributed by atoms with Crippen LogP contribution in [0.5, 0.6) is 0 Å². The first-order chi connectivity index (χ1) is 8.58. The van der Waals surface area contributed by atoms with E-state index in [9.17, 15) is 0 Å². The van der Waals surface area contributed by atoms with Gasteiger partial charge in [-0.2, -0.15) is 0 Å². The molecule has 2 aromatic rings. The van der Waals surface area contributed by atoms with Gasteiger partial charge in [0, 0.05) is 18.1 Å². The van der Waals surface area contributed by atoms with Crippen molar-refractivity contribution in [2.45, 2.75) is 20.3 Å². The molecule has 0 spiro atoms. The van der Waals surface area contributed by atoms with E-state index in [1.54, 1.807) is 6.20 Å². The largest absolute Gasteiger partial charge is 0.397 e. The van der Waals surface area contributed by atoms with E-state index in [0.29, 0.717) is 5.41 Å². The van der Waals surface area contributed by atoms with Crippen molar-refractivity contribution in [1.29, 1.82) is 0 Å². The Hall–Kier alpha value is -1.77. The Balaban J connectivity index is 1.82. The number of hydrogen-bond acceptors (Lipinski definition) is 3. The van der Waals surface area contributed by atoms with E-state index in [4.69, 9.17) is 5.73 Å². The molecule has 1 saturated carbocycles. The van der Waals surface area contributed by atoms with Gasteiger partial charge in [0.2, 0.25) is 0 Å². The topological polar surface area (TPSA) is 50.9 Å². The fraction of sp³-hybridized carbons (Fsp3) is 0.400. The van der Waals surface area contributed by atoms with Gasteiger partial charge in [-0.1, -0.05) is 13.8 Å². The van der Waals surface area contributed by atoms with E-state index < -0.39 is 0 Å². The van der Waals surface area contributed by atoms with Gasteiger partial charge >= 0.3 is 0 Å². The lowest BCUT2D eigenvalue weighted by Crippen LogP contribution is -2.09. The van der Waals surface area contributed by atoms with Gasteiger partial charge in [-0.3, -0.25) is 4.98 Å². The Morgan fingerprint density at radius 2 is 2.17 bits per heavy atom. The van der Waals surface area contributed by atoms with Gasteiger partial charge in [0.1, 0.15) is 0 Å². The lowest BCUT2D eigenvalue weighted by molar-refractivity contribution is 0.573. The Kier molecular flexibility index (Phi) is 2.44. The Bertz CT molecular complexity index is 589. The maximum Gasteiger partial charge on any atom is 0.0724 e. The van der Waals surface area contributed by atoms with Crippen molar-refractivity contribution in [3.05, 3.63) is 30.5 Å². The van der Waals surface area contributed by atoms with Gasteiger partial charge < -0.3 is 11.1 Å². The minimum absolute atomic E-state index is 0.500. The summed E-state index contributed by atoms with van der Waals surface area (Å²) in [6.45, 7) is 5.63. The number of anilines is 2. The summed E-state index contributed by atoms with van der Waals surface area (Å²) in [5.41, 5.74) is 9.47. The van der Waals surface area contributed by atoms with Gasteiger partial charge in [0.15, 0.2) is 0 Å². The smallest absolute Gasteiger partial charge is 0.0724 e. The summed E-state index contributed by atoms with van der Waals surface area (Å²) in [4.78, 5) is 4.31. The minimum atomic E-state index is 0.500. The number of rotatable bonds is 3. The van der Waals surface area contributed by atoms with Crippen LogP contribution in [0.2, 0.25) is 0 Å². The van der Waals surface area contributed by atoms with Crippen LogP contribution in [0, 0.1) is 11.3 Å². The van der Waals surface area contributed by atoms with E-state index in [2.05, 4.69) is 24.1 Å². The van der Waals surface area contributed by atoms with Crippen LogP contribution in [0.3, 0.4) is 0 Å². The number of fused-ring (bicyclic) bond motifs is 1. The van der Waals surface area contributed by atoms with Crippen LogP contribution in [0.25, 0.3) is 10.9 Å². The van der Waals surface area contributed by atoms with Crippen molar-refractivity contribution >= 4 is 22.3 Å². The molecule has 0 saturated heterocycles. The molecule has 1 aromatic heterocycles. The molecule has 18 heavy (non-hydrogen) atoms. The first kappa shape index (κ1) is 11.3. The third-order valence-corrected chi connectivity index (χ3v) is 4.08. The molecular weight excluding hydrogens is 222 g/mol. The van der Waals surface area contributed by atoms with Gasteiger partial charge in [-0.25, -0.2) is 0 Å². The minimum Gasteiger partial charge on any atom is -0.397 e. The number of nitrogens with two attached hydrogens (primary N) is 1. The zero-order chi connectivity index (χ0) is 12.8. The van der Waals surface area contributed by atoms with Crippen molar-refractivity contribution in [2.24, 2.45) is 11.3 Å². The van der Waals surface area contributed by atoms with Crippen LogP contribution in [0.1, 0.15) is 20.3 Å². The molecule has 3 heteroatoms. The maximum absolute atomic E-state index is 6.19. The maximum atomic E-state index is 6.19. The van der Waals surface area contributed by atoms with Crippen LogP contribution in [-0.2, 0) is 0 Å². The molecule has 1 unspecified atom stereocenters. The molecule has 1 aliphatic carbocycles. The first-order valence-corrected chi connectivity index (χ1v) is 6.45. The molecule has 1 aromatic carbocycles. The number of benzene rings is 1. The second-order valence-corrected chi connectivity index (χ2v) is 5.87. The number of hydrogen-bond donors (Lipinski definition) is 2. The highest BCUT2D eigenvalue weighted by molar-refractivity contribution is 5.96. The summed E-state index contributed by atoms with van der Waals surface area (Å²) in [5.74, 6) is 0.765. The second-order valence-electron chi connectivity index (χ2n) is 5.87. The monoisotopic (exact) mass is 241 g/mol. The average molecular weight is 241 g/mol. The van der Waals surface area contributed by atoms with Crippen LogP contribution in [0.15, 0.2) is 30.5 Å². The Labute approximate surface area is 107 Å². The van der Waals surface area contributed by atoms with E-state index in [0.717, 1.165) is 34.7 Å². The van der Waals surface area contributed by atoms with Gasteiger partial charge in [-0.05, 0) is 42.0 Å². The van der Waals surface area contributed by atoms with Crippen molar-refractivity contribution in [3.63, 3.8) is 0 Å². The SMILES string of the molecule is CC1(C)CC1CNc1ccc2ncccc2c1N. The fourth-order valence-corrected chi connectivity index (χ4v) is 2.49. The summed E-state index contributed by atoms with van der Waals surface area (Å²) in [6, 6.07) is 7.99. The van der Waals surface area contributed by atoms with E-state index in [1.807, 2.05) is 24.3 Å². The zero-order valence-electron chi connectivity index (χ0n) is 10.9. The standard InChI is InChI=1S/C15H19N3/c1-15(2)8-10(15)9-18-13-6-5-12-11(14(13)16)4-3-7-17-12/h3-7,10,18H,8-9,16H2,1-2H3. The van der Waals surface area contributed by atoms with Crippen molar-refractivity contribution in [1.82, 2.24) is 4.98 Å². The van der Waals surface area contributed by atoms with Crippen molar-refractivity contribution < 1.29 is 0 Å². The molecule has 0 aliphatic heterocycles. The molecule has 1 aliphatic rings. The lowest BCUT2D eigenvalue weighted by Gasteiger charge is -2.12. The third kappa shape index (κ3) is 1.90. The van der Waals surface area contributed by atoms with Crippen molar-refractivity contribution in [2.75, 3.05) is 17.6 Å². The van der Waals surface area contributed by atoms with Crippen molar-refractivity contribution in [3.8, 4) is 0 Å². The molecule has 3 nitrogen and oxygen atoms in total. The van der Waals surface area contributed by atoms with Gasteiger partial charge in [0.05, 0.1) is 16.9 Å². The van der Waals surface area contributed by atoms with Crippen LogP contribution >= 0.6 is 0 Å². The summed E-state index contributed by atoms with van der Waals surface area (Å²) in [6.07, 6.45) is 3.09. The zero-order valence-corrected chi connectivity index (χ0v) is 10.9. The Morgan fingerprint density at radius 1 is 1.39 bits per heavy atom. The quantitative estimate of drug-likeness (QED) is 0.811. The van der Waals surface area contributed by atoms with E-state index in [1.165, 1.54) is 6.42 Å². The molecule has 0 bridgehead atoms. The van der Waals surface area contributed by atoms with Gasteiger partial charge in [0.25, 0.3) is 0 Å². The van der Waals surface area contributed by atoms with E-state index in [-0.39, 0.29) is 0 Å². The molecular formula is C15H19N3. The number of aromatic nitrogens is 1. The average Bonchev–Trinajstić information content (AvgIpc) is 2.97. The third-order valence-electron chi connectivity index (χ3n) is 4.08. The second kappa shape index (κ2) is 3.87. The number of nitrogens with one attached hydrogen (secondary N) is 1. The summed E-state index contributed by atoms with van der Waals surface area (Å²) < 4.78 is 0. The normalized spacial score (nSPS) is 20.9. The predicted molar refractivity (Wildman–Crippen MR) is 76.5 cm³/mol. The molecule has 3 N–H and O–H groups in total. The predicted octanol–water partition coefficient (Wildman–Crippen LogP) is 3.28. The summed E-state index contributed by atoms with van der Waals surface area (Å²) in [7, 11) is 0. The molecule has 1 heterocycles. The highest BCUT2D eigenvalue weighted by atomic mass is 14.9. The van der Waals surface area contributed by atoms with Crippen LogP contribution in [0.4, 0.5) is 11.4 Å². The van der Waals surface area contributed by atoms with Crippen LogP contribution in [-0.4, -0.2) is 11.5 Å². The first-order valence-electron chi connectivity index (χ1n) is 6.45. The molecule has 0 amide bonds. The lowest BCUT2D eigenvalue weighted by atomic mass is 10.1. The number of nitrogens with zero attached hydrogens (tertiary/aromatic N) is 1. The molecule has 1 atom stereocenters. The summed E-state index contributed by atoms with van der Waals surface area (Å²) in [5, 5.41) is 4.50. The van der Waals surface area contributed by atoms with E-state index >= 15 is 0 Å². The number of pyridine rings is 1. The highest BCUT2D eigenvalue weighted by Crippen LogP contribution is 2.51. The van der Waals surface area contributed by atoms with Gasteiger partial charge in [-0.15, -0.1) is 0 Å². The molecule has 94 valence electrons. The Morgan fingerprint density at radius 3 is 2.89 bits per heavy atom. The summed E-state index contributed by atoms with van der Waals surface area (Å²) >= 11 is 0. The molecule has 1 fully saturated rings. The molecule has 3 rings (SSSR count). The van der Waals surface area contributed by atoms with Crippen LogP contribution < -0.4 is 11.1 Å².